The van der Waals surface area contributed by atoms with Gasteiger partial charge in [0.2, 0.25) is 0 Å². The molecule has 0 spiro atoms. The number of nitrogens with one attached hydrogen (secondary N) is 1. The van der Waals surface area contributed by atoms with Gasteiger partial charge in [-0.25, -0.2) is 8.42 Å². The number of hydrogen-bond acceptors (Lipinski definition) is 4. The van der Waals surface area contributed by atoms with Crippen molar-refractivity contribution in [1.29, 1.82) is 5.26 Å². The molecule has 0 aliphatic heterocycles. The molecule has 0 radical (unpaired) electrons. The van der Waals surface area contributed by atoms with Crippen LogP contribution >= 0.6 is 11.6 Å². The Morgan fingerprint density at radius 1 is 1.42 bits per heavy atom. The van der Waals surface area contributed by atoms with Crippen molar-refractivity contribution >= 4 is 27.4 Å². The minimum absolute atomic E-state index is 0.0539. The number of benzene rings is 1. The number of nitriles is 1. The van der Waals surface area contributed by atoms with Crippen molar-refractivity contribution in [3.05, 3.63) is 41.0 Å². The molecular formula is C11H9ClN4O2S. The fourth-order valence-electron chi connectivity index (χ4n) is 1.49. The Balaban J connectivity index is 2.46. The summed E-state index contributed by atoms with van der Waals surface area (Å²) in [6.45, 7) is 0. The Morgan fingerprint density at radius 3 is 2.74 bits per heavy atom. The van der Waals surface area contributed by atoms with Crippen molar-refractivity contribution in [3.8, 4) is 6.07 Å². The Morgan fingerprint density at radius 2 is 2.11 bits per heavy atom. The lowest BCUT2D eigenvalue weighted by Gasteiger charge is -2.09. The number of rotatable bonds is 3. The number of hydrogen-bond donors (Lipinski definition) is 1. The van der Waals surface area contributed by atoms with Crippen molar-refractivity contribution in [1.82, 2.24) is 9.78 Å². The molecule has 6 nitrogen and oxygen atoms in total. The van der Waals surface area contributed by atoms with Crippen molar-refractivity contribution < 1.29 is 8.42 Å². The average Bonchev–Trinajstić information content (AvgIpc) is 2.70. The van der Waals surface area contributed by atoms with Crippen LogP contribution in [-0.4, -0.2) is 18.2 Å². The minimum atomic E-state index is -3.86. The van der Waals surface area contributed by atoms with Gasteiger partial charge in [-0.2, -0.15) is 10.4 Å². The van der Waals surface area contributed by atoms with E-state index in [-0.39, 0.29) is 21.3 Å². The molecule has 1 heterocycles. The fraction of sp³-hybridized carbons (Fsp3) is 0.0909. The van der Waals surface area contributed by atoms with Gasteiger partial charge in [-0.3, -0.25) is 9.40 Å². The zero-order chi connectivity index (χ0) is 14.0. The molecule has 2 rings (SSSR count). The topological polar surface area (TPSA) is 87.8 Å². The molecule has 0 unspecified atom stereocenters. The summed E-state index contributed by atoms with van der Waals surface area (Å²) in [4.78, 5) is -0.0539. The van der Waals surface area contributed by atoms with Gasteiger partial charge in [0, 0.05) is 7.05 Å². The number of halogens is 1. The van der Waals surface area contributed by atoms with Gasteiger partial charge in [-0.05, 0) is 12.1 Å². The lowest BCUT2D eigenvalue weighted by atomic mass is 10.4. The van der Waals surface area contributed by atoms with E-state index in [1.165, 1.54) is 30.1 Å². The molecule has 2 aromatic rings. The highest BCUT2D eigenvalue weighted by Crippen LogP contribution is 2.24. The largest absolute Gasteiger partial charge is 0.264 e. The van der Waals surface area contributed by atoms with E-state index >= 15 is 0 Å². The van der Waals surface area contributed by atoms with Crippen LogP contribution in [0.4, 0.5) is 5.82 Å². The summed E-state index contributed by atoms with van der Waals surface area (Å²) >= 11 is 5.86. The third-order valence-electron chi connectivity index (χ3n) is 2.42. The van der Waals surface area contributed by atoms with Crippen molar-refractivity contribution in [2.24, 2.45) is 7.05 Å². The van der Waals surface area contributed by atoms with Gasteiger partial charge < -0.3 is 0 Å². The van der Waals surface area contributed by atoms with Crippen molar-refractivity contribution in [2.45, 2.75) is 4.90 Å². The predicted molar refractivity (Wildman–Crippen MR) is 70.2 cm³/mol. The third-order valence-corrected chi connectivity index (χ3v) is 4.26. The highest BCUT2D eigenvalue weighted by Gasteiger charge is 2.21. The van der Waals surface area contributed by atoms with Crippen LogP contribution in [0.2, 0.25) is 5.02 Å². The Labute approximate surface area is 115 Å². The number of aryl methyl sites for hydroxylation is 1. The summed E-state index contributed by atoms with van der Waals surface area (Å²) < 4.78 is 28.0. The average molecular weight is 297 g/mol. The molecule has 0 aliphatic rings. The molecule has 0 fully saturated rings. The highest BCUT2D eigenvalue weighted by atomic mass is 35.5. The van der Waals surface area contributed by atoms with E-state index in [4.69, 9.17) is 16.9 Å². The number of nitrogens with zero attached hydrogens (tertiary/aromatic N) is 3. The molecular weight excluding hydrogens is 288 g/mol. The summed E-state index contributed by atoms with van der Waals surface area (Å²) in [5.41, 5.74) is 0.137. The molecule has 1 aromatic carbocycles. The first-order valence-corrected chi connectivity index (χ1v) is 7.01. The summed E-state index contributed by atoms with van der Waals surface area (Å²) in [6.07, 6.45) is 1.28. The summed E-state index contributed by atoms with van der Waals surface area (Å²) in [6, 6.07) is 7.92. The van der Waals surface area contributed by atoms with Gasteiger partial charge in [0.25, 0.3) is 10.0 Å². The SMILES string of the molecule is Cn1ncc(C#N)c1NS(=O)(=O)c1ccccc1Cl. The summed E-state index contributed by atoms with van der Waals surface area (Å²) in [5, 5.41) is 12.8. The molecule has 1 N–H and O–H groups in total. The minimum Gasteiger partial charge on any atom is -0.262 e. The number of sulfonamides is 1. The zero-order valence-corrected chi connectivity index (χ0v) is 11.4. The van der Waals surface area contributed by atoms with E-state index < -0.39 is 10.0 Å². The maximum atomic E-state index is 12.2. The summed E-state index contributed by atoms with van der Waals surface area (Å²) in [7, 11) is -2.33. The highest BCUT2D eigenvalue weighted by molar-refractivity contribution is 7.92. The van der Waals surface area contributed by atoms with Crippen LogP contribution in [-0.2, 0) is 17.1 Å². The molecule has 0 amide bonds. The normalized spacial score (nSPS) is 11.0. The Kier molecular flexibility index (Phi) is 3.46. The van der Waals surface area contributed by atoms with E-state index in [2.05, 4.69) is 9.82 Å². The van der Waals surface area contributed by atoms with Gasteiger partial charge in [-0.15, -0.1) is 0 Å². The quantitative estimate of drug-likeness (QED) is 0.934. The van der Waals surface area contributed by atoms with Gasteiger partial charge in [0.15, 0.2) is 5.82 Å². The number of anilines is 1. The van der Waals surface area contributed by atoms with Gasteiger partial charge in [0.05, 0.1) is 11.2 Å². The van der Waals surface area contributed by atoms with Crippen molar-refractivity contribution in [2.75, 3.05) is 4.72 Å². The molecule has 0 saturated heterocycles. The lowest BCUT2D eigenvalue weighted by Crippen LogP contribution is -2.16. The van der Waals surface area contributed by atoms with Crippen LogP contribution in [0.15, 0.2) is 35.4 Å². The second kappa shape index (κ2) is 4.91. The maximum absolute atomic E-state index is 12.2. The lowest BCUT2D eigenvalue weighted by molar-refractivity contribution is 0.600. The van der Waals surface area contributed by atoms with Crippen LogP contribution < -0.4 is 4.72 Å². The third kappa shape index (κ3) is 2.54. The molecule has 1 aromatic heterocycles. The van der Waals surface area contributed by atoms with E-state index in [9.17, 15) is 8.42 Å². The molecule has 0 aliphatic carbocycles. The van der Waals surface area contributed by atoms with Gasteiger partial charge in [0.1, 0.15) is 16.5 Å². The van der Waals surface area contributed by atoms with E-state index in [0.29, 0.717) is 0 Å². The van der Waals surface area contributed by atoms with Crippen LogP contribution in [0.25, 0.3) is 0 Å². The molecule has 0 saturated carbocycles. The molecule has 0 atom stereocenters. The van der Waals surface area contributed by atoms with Crippen molar-refractivity contribution in [3.63, 3.8) is 0 Å². The second-order valence-corrected chi connectivity index (χ2v) is 5.74. The fourth-order valence-corrected chi connectivity index (χ4v) is 3.11. The van der Waals surface area contributed by atoms with E-state index in [1.54, 1.807) is 12.1 Å². The van der Waals surface area contributed by atoms with Crippen LogP contribution in [0.1, 0.15) is 5.56 Å². The molecule has 98 valence electrons. The maximum Gasteiger partial charge on any atom is 0.264 e. The first-order valence-electron chi connectivity index (χ1n) is 5.15. The van der Waals surface area contributed by atoms with Gasteiger partial charge in [-0.1, -0.05) is 23.7 Å². The molecule has 19 heavy (non-hydrogen) atoms. The monoisotopic (exact) mass is 296 g/mol. The van der Waals surface area contributed by atoms with Crippen LogP contribution in [0, 0.1) is 11.3 Å². The summed E-state index contributed by atoms with van der Waals surface area (Å²) in [5.74, 6) is 0.0995. The van der Waals surface area contributed by atoms with E-state index in [1.807, 2.05) is 6.07 Å². The Bertz CT molecular complexity index is 761. The molecule has 8 heteroatoms. The van der Waals surface area contributed by atoms with Crippen LogP contribution in [0.3, 0.4) is 0 Å². The molecule has 0 bridgehead atoms. The number of aromatic nitrogens is 2. The van der Waals surface area contributed by atoms with E-state index in [0.717, 1.165) is 0 Å². The first-order chi connectivity index (χ1) is 8.95. The zero-order valence-electron chi connectivity index (χ0n) is 9.83. The predicted octanol–water partition coefficient (Wildman–Crippen LogP) is 1.75. The smallest absolute Gasteiger partial charge is 0.262 e. The van der Waals surface area contributed by atoms with Crippen LogP contribution in [0.5, 0.6) is 0 Å². The standard InChI is InChI=1S/C11H9ClN4O2S/c1-16-11(8(6-13)7-14-16)15-19(17,18)10-5-3-2-4-9(10)12/h2-5,7,15H,1H3. The van der Waals surface area contributed by atoms with Gasteiger partial charge >= 0.3 is 0 Å². The second-order valence-electron chi connectivity index (χ2n) is 3.68. The first kappa shape index (κ1) is 13.4. The Hall–Kier alpha value is -2.04.